The number of ether oxygens (including phenoxy) is 1. The predicted octanol–water partition coefficient (Wildman–Crippen LogP) is 2.50. The van der Waals surface area contributed by atoms with Crippen LogP contribution >= 0.6 is 0 Å². The molecule has 4 N–H and O–H groups in total. The molecule has 0 aliphatic carbocycles. The van der Waals surface area contributed by atoms with E-state index in [9.17, 15) is 5.11 Å². The van der Waals surface area contributed by atoms with Crippen LogP contribution in [0.4, 0.5) is 17.8 Å². The molecule has 2 aromatic rings. The van der Waals surface area contributed by atoms with Crippen LogP contribution in [-0.4, -0.2) is 46.4 Å². The number of rotatable bonds is 11. The van der Waals surface area contributed by atoms with Gasteiger partial charge in [0.2, 0.25) is 17.8 Å². The molecule has 0 saturated heterocycles. The highest BCUT2D eigenvalue weighted by Crippen LogP contribution is 2.14. The minimum Gasteiger partial charge on any atom is -0.497 e. The van der Waals surface area contributed by atoms with Gasteiger partial charge in [-0.1, -0.05) is 26.0 Å². The average molecular weight is 360 g/mol. The van der Waals surface area contributed by atoms with Crippen molar-refractivity contribution in [3.8, 4) is 5.75 Å². The van der Waals surface area contributed by atoms with Gasteiger partial charge in [-0.05, 0) is 30.5 Å². The smallest absolute Gasteiger partial charge is 0.229 e. The number of hydrogen-bond donors (Lipinski definition) is 4. The molecule has 0 fully saturated rings. The molecule has 2 rings (SSSR count). The van der Waals surface area contributed by atoms with Crippen molar-refractivity contribution in [3.05, 3.63) is 29.8 Å². The summed E-state index contributed by atoms with van der Waals surface area (Å²) in [5.41, 5.74) is 1.09. The van der Waals surface area contributed by atoms with Gasteiger partial charge < -0.3 is 25.8 Å². The molecular weight excluding hydrogens is 332 g/mol. The van der Waals surface area contributed by atoms with Gasteiger partial charge in [-0.15, -0.1) is 0 Å². The number of methoxy groups -OCH3 is 1. The number of aromatic nitrogens is 3. The van der Waals surface area contributed by atoms with E-state index in [1.807, 2.05) is 31.2 Å². The summed E-state index contributed by atoms with van der Waals surface area (Å²) in [6, 6.07) is 7.71. The lowest BCUT2D eigenvalue weighted by Gasteiger charge is -2.15. The molecule has 1 heterocycles. The molecule has 0 radical (unpaired) electrons. The molecule has 0 spiro atoms. The van der Waals surface area contributed by atoms with E-state index in [-0.39, 0.29) is 12.6 Å². The van der Waals surface area contributed by atoms with Gasteiger partial charge in [-0.2, -0.15) is 15.0 Å². The molecule has 0 bridgehead atoms. The Morgan fingerprint density at radius 1 is 1.00 bits per heavy atom. The number of nitrogens with zero attached hydrogens (tertiary/aromatic N) is 3. The van der Waals surface area contributed by atoms with E-state index < -0.39 is 0 Å². The fraction of sp³-hybridized carbons (Fsp3) is 0.500. The van der Waals surface area contributed by atoms with Crippen LogP contribution in [0.2, 0.25) is 0 Å². The van der Waals surface area contributed by atoms with Crippen molar-refractivity contribution in [2.45, 2.75) is 39.3 Å². The van der Waals surface area contributed by atoms with Crippen molar-refractivity contribution in [1.29, 1.82) is 0 Å². The number of nitrogens with one attached hydrogen (secondary N) is 3. The predicted molar refractivity (Wildman–Crippen MR) is 104 cm³/mol. The van der Waals surface area contributed by atoms with Gasteiger partial charge in [-0.3, -0.25) is 0 Å². The fourth-order valence-electron chi connectivity index (χ4n) is 2.22. The first-order valence-electron chi connectivity index (χ1n) is 8.92. The third-order valence-corrected chi connectivity index (χ3v) is 3.82. The zero-order valence-corrected chi connectivity index (χ0v) is 15.6. The molecule has 0 amide bonds. The minimum atomic E-state index is -0.0918. The lowest BCUT2D eigenvalue weighted by atomic mass is 10.2. The van der Waals surface area contributed by atoms with Crippen molar-refractivity contribution in [1.82, 2.24) is 15.0 Å². The Morgan fingerprint density at radius 3 is 2.23 bits per heavy atom. The number of aliphatic hydroxyl groups is 1. The van der Waals surface area contributed by atoms with E-state index in [0.717, 1.165) is 30.7 Å². The normalized spacial score (nSPS) is 11.7. The summed E-state index contributed by atoms with van der Waals surface area (Å²) < 4.78 is 5.17. The summed E-state index contributed by atoms with van der Waals surface area (Å²) in [4.78, 5) is 13.2. The Morgan fingerprint density at radius 2 is 1.65 bits per heavy atom. The van der Waals surface area contributed by atoms with Crippen LogP contribution < -0.4 is 20.7 Å². The monoisotopic (exact) mass is 360 g/mol. The average Bonchev–Trinajstić information content (AvgIpc) is 2.69. The summed E-state index contributed by atoms with van der Waals surface area (Å²) >= 11 is 0. The molecule has 8 heteroatoms. The molecule has 26 heavy (non-hydrogen) atoms. The lowest BCUT2D eigenvalue weighted by Crippen LogP contribution is -2.24. The molecule has 1 aromatic carbocycles. The van der Waals surface area contributed by atoms with Crippen molar-refractivity contribution in [3.63, 3.8) is 0 Å². The molecular formula is C18H28N6O2. The molecule has 0 saturated carbocycles. The molecule has 8 nitrogen and oxygen atoms in total. The highest BCUT2D eigenvalue weighted by molar-refractivity contribution is 5.43. The van der Waals surface area contributed by atoms with Crippen molar-refractivity contribution < 1.29 is 9.84 Å². The van der Waals surface area contributed by atoms with Crippen LogP contribution in [0.3, 0.4) is 0 Å². The zero-order valence-electron chi connectivity index (χ0n) is 15.6. The summed E-state index contributed by atoms with van der Waals surface area (Å²) in [7, 11) is 1.65. The summed E-state index contributed by atoms with van der Waals surface area (Å²) in [6.45, 7) is 5.45. The van der Waals surface area contributed by atoms with Gasteiger partial charge in [0.25, 0.3) is 0 Å². The van der Waals surface area contributed by atoms with Gasteiger partial charge in [0.1, 0.15) is 5.75 Å². The lowest BCUT2D eigenvalue weighted by molar-refractivity contribution is 0.271. The van der Waals surface area contributed by atoms with Gasteiger partial charge in [-0.25, -0.2) is 0 Å². The first kappa shape index (κ1) is 19.7. The molecule has 1 atom stereocenters. The standard InChI is InChI=1S/C18H28N6O2/c1-4-10-19-16-22-17(24-18(23-16)21-14(5-2)12-25)20-11-13-6-8-15(26-3)9-7-13/h6-9,14,25H,4-5,10-12H2,1-3H3,(H3,19,20,21,22,23,24)/t14-/m1/s1. The van der Waals surface area contributed by atoms with Gasteiger partial charge in [0, 0.05) is 13.1 Å². The van der Waals surface area contributed by atoms with E-state index in [2.05, 4.69) is 37.8 Å². The highest BCUT2D eigenvalue weighted by Gasteiger charge is 2.10. The Balaban J connectivity index is 2.10. The Hall–Kier alpha value is -2.61. The minimum absolute atomic E-state index is 0.0223. The topological polar surface area (TPSA) is 104 Å². The fourth-order valence-corrected chi connectivity index (χ4v) is 2.22. The zero-order chi connectivity index (χ0) is 18.8. The molecule has 142 valence electrons. The second-order valence-corrected chi connectivity index (χ2v) is 5.87. The summed E-state index contributed by atoms with van der Waals surface area (Å²) in [5, 5.41) is 18.9. The summed E-state index contributed by atoms with van der Waals surface area (Å²) in [6.07, 6.45) is 1.74. The third kappa shape index (κ3) is 6.03. The van der Waals surface area contributed by atoms with Crippen molar-refractivity contribution in [2.24, 2.45) is 0 Å². The first-order valence-corrected chi connectivity index (χ1v) is 8.92. The molecule has 0 unspecified atom stereocenters. The number of benzene rings is 1. The maximum absolute atomic E-state index is 9.39. The Bertz CT molecular complexity index is 661. The van der Waals surface area contributed by atoms with E-state index in [4.69, 9.17) is 4.74 Å². The second-order valence-electron chi connectivity index (χ2n) is 5.87. The van der Waals surface area contributed by atoms with Crippen molar-refractivity contribution in [2.75, 3.05) is 36.2 Å². The van der Waals surface area contributed by atoms with Gasteiger partial charge in [0.15, 0.2) is 0 Å². The number of anilines is 3. The van der Waals surface area contributed by atoms with E-state index in [0.29, 0.717) is 24.4 Å². The first-order chi connectivity index (χ1) is 12.7. The molecule has 1 aromatic heterocycles. The largest absolute Gasteiger partial charge is 0.497 e. The Kier molecular flexibility index (Phi) is 7.88. The van der Waals surface area contributed by atoms with Gasteiger partial charge >= 0.3 is 0 Å². The van der Waals surface area contributed by atoms with Gasteiger partial charge in [0.05, 0.1) is 19.8 Å². The van der Waals surface area contributed by atoms with Crippen LogP contribution in [0.1, 0.15) is 32.3 Å². The number of aliphatic hydroxyl groups excluding tert-OH is 1. The van der Waals surface area contributed by atoms with E-state index >= 15 is 0 Å². The third-order valence-electron chi connectivity index (χ3n) is 3.82. The summed E-state index contributed by atoms with van der Waals surface area (Å²) in [5.74, 6) is 2.25. The highest BCUT2D eigenvalue weighted by atomic mass is 16.5. The van der Waals surface area contributed by atoms with E-state index in [1.165, 1.54) is 0 Å². The van der Waals surface area contributed by atoms with Crippen LogP contribution in [0, 0.1) is 0 Å². The van der Waals surface area contributed by atoms with Crippen LogP contribution in [0.15, 0.2) is 24.3 Å². The maximum atomic E-state index is 9.39. The maximum Gasteiger partial charge on any atom is 0.229 e. The molecule has 0 aliphatic rings. The van der Waals surface area contributed by atoms with E-state index in [1.54, 1.807) is 7.11 Å². The second kappa shape index (κ2) is 10.4. The number of hydrogen-bond acceptors (Lipinski definition) is 8. The van der Waals surface area contributed by atoms with Crippen LogP contribution in [-0.2, 0) is 6.54 Å². The Labute approximate surface area is 154 Å². The van der Waals surface area contributed by atoms with Crippen molar-refractivity contribution >= 4 is 17.8 Å². The quantitative estimate of drug-likeness (QED) is 0.484. The SMILES string of the molecule is CCCNc1nc(NCc2ccc(OC)cc2)nc(N[C@H](CC)CO)n1. The van der Waals surface area contributed by atoms with Crippen LogP contribution in [0.25, 0.3) is 0 Å². The molecule has 0 aliphatic heterocycles. The van der Waals surface area contributed by atoms with Crippen LogP contribution in [0.5, 0.6) is 5.75 Å².